The van der Waals surface area contributed by atoms with Crippen LogP contribution in [0.4, 0.5) is 27.7 Å². The van der Waals surface area contributed by atoms with Crippen LogP contribution in [0.1, 0.15) is 12.0 Å². The van der Waals surface area contributed by atoms with Gasteiger partial charge in [0, 0.05) is 48.8 Å². The molecular weight excluding hydrogens is 520 g/mol. The van der Waals surface area contributed by atoms with Crippen LogP contribution in [-0.2, 0) is 11.3 Å². The minimum absolute atomic E-state index is 0.162. The Labute approximate surface area is 230 Å². The number of nitrogens with zero attached hydrogens (tertiary/aromatic N) is 4. The monoisotopic (exact) mass is 548 g/mol. The summed E-state index contributed by atoms with van der Waals surface area (Å²) < 4.78 is 5.94. The Hall–Kier alpha value is -4.35. The third-order valence-corrected chi connectivity index (χ3v) is 6.65. The van der Waals surface area contributed by atoms with Gasteiger partial charge in [-0.2, -0.15) is 0 Å². The molecule has 0 radical (unpaired) electrons. The Morgan fingerprint density at radius 2 is 1.90 bits per heavy atom. The number of carbonyl (C=O) groups excluding carboxylic acids is 2. The van der Waals surface area contributed by atoms with Crippen molar-refractivity contribution in [3.8, 4) is 5.75 Å². The lowest BCUT2D eigenvalue weighted by atomic mass is 10.2. The highest BCUT2D eigenvalue weighted by molar-refractivity contribution is 6.30. The number of hydrogen-bond donors (Lipinski definition) is 4. The number of benzene rings is 2. The standard InChI is InChI=1S/C27H29ClN8O3/c1-35-10-3-11-36(2)23(37)15-39-22-12-20(32-26-24-17(14-35)13-29-25(24)30-16-31-26)8-9-21(22)34-27(38)33-19-6-4-18(28)5-7-19/h4-9,12-13,16H,3,10-11,14-15H2,1-2H3,(H2,33,34,38)(H2,29,30,31,32). The third kappa shape index (κ3) is 6.39. The second-order valence-electron chi connectivity index (χ2n) is 9.38. The van der Waals surface area contributed by atoms with Crippen LogP contribution in [0.2, 0.25) is 5.02 Å². The van der Waals surface area contributed by atoms with E-state index in [0.717, 1.165) is 29.6 Å². The number of amides is 3. The largest absolute Gasteiger partial charge is 0.482 e. The molecule has 2 aromatic heterocycles. The normalized spacial score (nSPS) is 14.9. The first-order valence-corrected chi connectivity index (χ1v) is 12.8. The second kappa shape index (κ2) is 11.6. The Bertz CT molecular complexity index is 1490. The second-order valence-corrected chi connectivity index (χ2v) is 9.81. The van der Waals surface area contributed by atoms with E-state index in [0.29, 0.717) is 46.7 Å². The molecule has 5 rings (SSSR count). The molecule has 4 aromatic rings. The van der Waals surface area contributed by atoms with Crippen molar-refractivity contribution in [1.29, 1.82) is 0 Å². The van der Waals surface area contributed by atoms with Gasteiger partial charge in [0.05, 0.1) is 11.1 Å². The van der Waals surface area contributed by atoms with Crippen molar-refractivity contribution in [2.24, 2.45) is 0 Å². The van der Waals surface area contributed by atoms with E-state index >= 15 is 0 Å². The van der Waals surface area contributed by atoms with E-state index < -0.39 is 6.03 Å². The van der Waals surface area contributed by atoms with E-state index in [4.69, 9.17) is 16.3 Å². The molecule has 202 valence electrons. The van der Waals surface area contributed by atoms with Gasteiger partial charge in [-0.1, -0.05) is 11.6 Å². The zero-order valence-electron chi connectivity index (χ0n) is 21.6. The molecule has 2 aromatic carbocycles. The van der Waals surface area contributed by atoms with Crippen molar-refractivity contribution in [3.05, 3.63) is 65.6 Å². The number of anilines is 4. The predicted molar refractivity (Wildman–Crippen MR) is 152 cm³/mol. The Morgan fingerprint density at radius 1 is 1.08 bits per heavy atom. The van der Waals surface area contributed by atoms with Crippen LogP contribution in [-0.4, -0.2) is 70.5 Å². The van der Waals surface area contributed by atoms with Gasteiger partial charge in [0.1, 0.15) is 23.5 Å². The van der Waals surface area contributed by atoms with Gasteiger partial charge >= 0.3 is 6.03 Å². The van der Waals surface area contributed by atoms with Gasteiger partial charge in [-0.15, -0.1) is 0 Å². The lowest BCUT2D eigenvalue weighted by molar-refractivity contribution is -0.132. The molecule has 4 N–H and O–H groups in total. The van der Waals surface area contributed by atoms with E-state index in [2.05, 4.69) is 35.8 Å². The number of rotatable bonds is 2. The molecule has 2 bridgehead atoms. The smallest absolute Gasteiger partial charge is 0.323 e. The van der Waals surface area contributed by atoms with E-state index in [9.17, 15) is 9.59 Å². The van der Waals surface area contributed by atoms with Crippen LogP contribution in [0.25, 0.3) is 11.0 Å². The molecule has 0 atom stereocenters. The van der Waals surface area contributed by atoms with Gasteiger partial charge in [-0.05, 0) is 62.0 Å². The number of fused-ring (bicyclic) bond motifs is 2. The number of aromatic nitrogens is 3. The highest BCUT2D eigenvalue weighted by Crippen LogP contribution is 2.32. The molecule has 0 fully saturated rings. The molecule has 0 saturated heterocycles. The molecule has 12 heteroatoms. The molecular formula is C27H29ClN8O3. The van der Waals surface area contributed by atoms with Crippen LogP contribution >= 0.6 is 11.6 Å². The number of carbonyl (C=O) groups is 2. The lowest BCUT2D eigenvalue weighted by Crippen LogP contribution is -2.34. The fourth-order valence-corrected chi connectivity index (χ4v) is 4.47. The van der Waals surface area contributed by atoms with Crippen molar-refractivity contribution in [2.75, 3.05) is 49.7 Å². The van der Waals surface area contributed by atoms with E-state index in [1.165, 1.54) is 6.33 Å². The number of urea groups is 1. The first-order chi connectivity index (χ1) is 18.9. The van der Waals surface area contributed by atoms with Gasteiger partial charge in [0.2, 0.25) is 0 Å². The summed E-state index contributed by atoms with van der Waals surface area (Å²) in [5.41, 5.74) is 3.44. The number of halogens is 1. The van der Waals surface area contributed by atoms with Gasteiger partial charge < -0.3 is 35.5 Å². The van der Waals surface area contributed by atoms with Crippen LogP contribution in [0.15, 0.2) is 55.0 Å². The first-order valence-electron chi connectivity index (χ1n) is 12.5. The summed E-state index contributed by atoms with van der Waals surface area (Å²) in [4.78, 5) is 41.4. The molecule has 0 saturated carbocycles. The zero-order chi connectivity index (χ0) is 27.4. The summed E-state index contributed by atoms with van der Waals surface area (Å²) in [5, 5.41) is 10.4. The van der Waals surface area contributed by atoms with Crippen molar-refractivity contribution < 1.29 is 14.3 Å². The van der Waals surface area contributed by atoms with Gasteiger partial charge in [0.15, 0.2) is 6.61 Å². The number of hydrogen-bond acceptors (Lipinski definition) is 7. The fourth-order valence-electron chi connectivity index (χ4n) is 4.35. The number of ether oxygens (including phenoxy) is 1. The van der Waals surface area contributed by atoms with Crippen molar-refractivity contribution in [3.63, 3.8) is 0 Å². The third-order valence-electron chi connectivity index (χ3n) is 6.40. The van der Waals surface area contributed by atoms with Crippen LogP contribution < -0.4 is 20.7 Å². The molecule has 1 aliphatic rings. The summed E-state index contributed by atoms with van der Waals surface area (Å²) in [7, 11) is 3.81. The highest BCUT2D eigenvalue weighted by Gasteiger charge is 2.17. The fraction of sp³-hybridized carbons (Fsp3) is 0.259. The molecule has 0 aliphatic carbocycles. The van der Waals surface area contributed by atoms with Crippen LogP contribution in [0, 0.1) is 0 Å². The number of nitrogens with one attached hydrogen (secondary N) is 4. The minimum atomic E-state index is -0.466. The van der Waals surface area contributed by atoms with E-state index in [1.807, 2.05) is 13.2 Å². The molecule has 0 unspecified atom stereocenters. The summed E-state index contributed by atoms with van der Waals surface area (Å²) in [5.74, 6) is 0.809. The number of likely N-dealkylation sites (N-methyl/N-ethyl adjacent to an activating group) is 1. The molecule has 0 spiro atoms. The molecule has 3 heterocycles. The average molecular weight is 549 g/mol. The minimum Gasteiger partial charge on any atom is -0.482 e. The summed E-state index contributed by atoms with van der Waals surface area (Å²) >= 11 is 5.93. The highest BCUT2D eigenvalue weighted by atomic mass is 35.5. The maximum Gasteiger partial charge on any atom is 0.323 e. The average Bonchev–Trinajstić information content (AvgIpc) is 3.32. The van der Waals surface area contributed by atoms with E-state index in [1.54, 1.807) is 54.4 Å². The molecule has 3 amide bonds. The molecule has 39 heavy (non-hydrogen) atoms. The topological polar surface area (TPSA) is 128 Å². The number of H-pyrrole nitrogens is 1. The SMILES string of the molecule is CN1CCCN(C)C(=O)COc2cc(ccc2NC(=O)Nc2ccc(Cl)cc2)Nc2ncnc3[nH]cc(c23)C1. The Kier molecular flexibility index (Phi) is 7.80. The van der Waals surface area contributed by atoms with Gasteiger partial charge in [-0.25, -0.2) is 14.8 Å². The van der Waals surface area contributed by atoms with Gasteiger partial charge in [0.25, 0.3) is 5.91 Å². The first kappa shape index (κ1) is 26.3. The summed E-state index contributed by atoms with van der Waals surface area (Å²) in [6.07, 6.45) is 4.24. The van der Waals surface area contributed by atoms with Crippen LogP contribution in [0.5, 0.6) is 5.75 Å². The number of aromatic amines is 1. The van der Waals surface area contributed by atoms with Crippen molar-refractivity contribution in [2.45, 2.75) is 13.0 Å². The van der Waals surface area contributed by atoms with Crippen LogP contribution in [0.3, 0.4) is 0 Å². The van der Waals surface area contributed by atoms with Crippen molar-refractivity contribution >= 4 is 57.5 Å². The molecule has 1 aliphatic heterocycles. The lowest BCUT2D eigenvalue weighted by Gasteiger charge is -2.22. The zero-order valence-corrected chi connectivity index (χ0v) is 22.4. The quantitative estimate of drug-likeness (QED) is 0.286. The Balaban J connectivity index is 1.45. The maximum absolute atomic E-state index is 12.8. The summed E-state index contributed by atoms with van der Waals surface area (Å²) in [6.45, 7) is 1.91. The Morgan fingerprint density at radius 3 is 2.72 bits per heavy atom. The molecule has 11 nitrogen and oxygen atoms in total. The predicted octanol–water partition coefficient (Wildman–Crippen LogP) is 4.67. The van der Waals surface area contributed by atoms with E-state index in [-0.39, 0.29) is 12.5 Å². The summed E-state index contributed by atoms with van der Waals surface area (Å²) in [6, 6.07) is 11.5. The van der Waals surface area contributed by atoms with Gasteiger partial charge in [-0.3, -0.25) is 4.79 Å². The maximum atomic E-state index is 12.8. The van der Waals surface area contributed by atoms with Crippen molar-refractivity contribution in [1.82, 2.24) is 24.8 Å².